The van der Waals surface area contributed by atoms with E-state index in [1.54, 1.807) is 0 Å². The third-order valence-electron chi connectivity index (χ3n) is 3.79. The van der Waals surface area contributed by atoms with Crippen molar-refractivity contribution in [2.45, 2.75) is 25.4 Å². The summed E-state index contributed by atoms with van der Waals surface area (Å²) in [6, 6.07) is 5.76. The molecule has 1 fully saturated rings. The van der Waals surface area contributed by atoms with E-state index < -0.39 is 6.10 Å². The Labute approximate surface area is 113 Å². The Bertz CT molecular complexity index is 429. The van der Waals surface area contributed by atoms with Gasteiger partial charge < -0.3 is 19.5 Å². The second-order valence-corrected chi connectivity index (χ2v) is 5.28. The lowest BCUT2D eigenvalue weighted by Crippen LogP contribution is -2.25. The molecule has 0 spiro atoms. The number of fused-ring (bicyclic) bond motifs is 1. The largest absolute Gasteiger partial charge is 0.490 e. The average Bonchev–Trinajstić information content (AvgIpc) is 2.81. The van der Waals surface area contributed by atoms with E-state index in [2.05, 4.69) is 4.90 Å². The molecule has 1 aromatic carbocycles. The smallest absolute Gasteiger partial charge is 0.161 e. The number of ether oxygens (including phenoxy) is 2. The van der Waals surface area contributed by atoms with Crippen molar-refractivity contribution in [2.75, 3.05) is 32.8 Å². The van der Waals surface area contributed by atoms with E-state index >= 15 is 0 Å². The van der Waals surface area contributed by atoms with Gasteiger partial charge in [-0.15, -0.1) is 0 Å². The minimum Gasteiger partial charge on any atom is -0.490 e. The third kappa shape index (κ3) is 3.01. The fraction of sp³-hybridized carbons (Fsp3) is 0.600. The maximum atomic E-state index is 10.3. The predicted molar refractivity (Wildman–Crippen MR) is 72.7 cm³/mol. The van der Waals surface area contributed by atoms with Crippen molar-refractivity contribution in [2.24, 2.45) is 0 Å². The fourth-order valence-corrected chi connectivity index (χ4v) is 2.70. The predicted octanol–water partition coefficient (Wildman–Crippen LogP) is 1.98. The minimum atomic E-state index is -0.449. The van der Waals surface area contributed by atoms with Crippen LogP contribution in [0.15, 0.2) is 18.2 Å². The average molecular weight is 263 g/mol. The lowest BCUT2D eigenvalue weighted by molar-refractivity contribution is 0.126. The summed E-state index contributed by atoms with van der Waals surface area (Å²) in [7, 11) is 0. The molecule has 4 nitrogen and oxygen atoms in total. The molecule has 4 heteroatoms. The molecular formula is C15H21NO3. The van der Waals surface area contributed by atoms with Crippen LogP contribution in [0.3, 0.4) is 0 Å². The van der Waals surface area contributed by atoms with E-state index in [0.29, 0.717) is 19.8 Å². The summed E-state index contributed by atoms with van der Waals surface area (Å²) in [4.78, 5) is 2.31. The van der Waals surface area contributed by atoms with Crippen molar-refractivity contribution < 1.29 is 14.6 Å². The molecule has 19 heavy (non-hydrogen) atoms. The number of nitrogens with zero attached hydrogens (tertiary/aromatic N) is 1. The van der Waals surface area contributed by atoms with E-state index in [4.69, 9.17) is 9.47 Å². The SMILES string of the molecule is OC(CN1CCCC1)c1ccc2c(c1)OCCCO2. The third-order valence-corrected chi connectivity index (χ3v) is 3.79. The number of aliphatic hydroxyl groups excluding tert-OH is 1. The molecule has 1 unspecified atom stereocenters. The van der Waals surface area contributed by atoms with E-state index in [1.807, 2.05) is 18.2 Å². The molecule has 1 atom stereocenters. The molecule has 0 bridgehead atoms. The highest BCUT2D eigenvalue weighted by Gasteiger charge is 2.19. The van der Waals surface area contributed by atoms with Crippen LogP contribution < -0.4 is 9.47 Å². The monoisotopic (exact) mass is 263 g/mol. The van der Waals surface area contributed by atoms with Gasteiger partial charge in [-0.1, -0.05) is 6.07 Å². The zero-order chi connectivity index (χ0) is 13.1. The second-order valence-electron chi connectivity index (χ2n) is 5.28. The first kappa shape index (κ1) is 12.8. The van der Waals surface area contributed by atoms with Crippen LogP contribution in [0.4, 0.5) is 0 Å². The summed E-state index contributed by atoms with van der Waals surface area (Å²) in [6.07, 6.45) is 2.94. The van der Waals surface area contributed by atoms with Crippen LogP contribution in [0.25, 0.3) is 0 Å². The van der Waals surface area contributed by atoms with Gasteiger partial charge in [0.25, 0.3) is 0 Å². The molecule has 104 valence electrons. The zero-order valence-corrected chi connectivity index (χ0v) is 11.2. The van der Waals surface area contributed by atoms with Crippen molar-refractivity contribution in [3.63, 3.8) is 0 Å². The molecule has 0 saturated carbocycles. The van der Waals surface area contributed by atoms with Crippen LogP contribution in [0.2, 0.25) is 0 Å². The van der Waals surface area contributed by atoms with Crippen LogP contribution in [-0.2, 0) is 0 Å². The Morgan fingerprint density at radius 3 is 2.58 bits per heavy atom. The quantitative estimate of drug-likeness (QED) is 0.905. The van der Waals surface area contributed by atoms with E-state index in [0.717, 1.165) is 36.6 Å². The number of β-amino-alcohol motifs (C(OH)–C–C–N with tert-alkyl or cyclic N) is 1. The van der Waals surface area contributed by atoms with Crippen LogP contribution in [0.1, 0.15) is 30.9 Å². The summed E-state index contributed by atoms with van der Waals surface area (Å²) in [6.45, 7) is 4.28. The van der Waals surface area contributed by atoms with Crippen LogP contribution in [0, 0.1) is 0 Å². The van der Waals surface area contributed by atoms with Gasteiger partial charge in [-0.05, 0) is 43.6 Å². The van der Waals surface area contributed by atoms with Gasteiger partial charge in [0.1, 0.15) is 0 Å². The van der Waals surface area contributed by atoms with E-state index in [-0.39, 0.29) is 0 Å². The van der Waals surface area contributed by atoms with Crippen molar-refractivity contribution in [3.8, 4) is 11.5 Å². The normalized spacial score (nSPS) is 21.1. The van der Waals surface area contributed by atoms with Gasteiger partial charge in [-0.3, -0.25) is 0 Å². The van der Waals surface area contributed by atoms with E-state index in [1.165, 1.54) is 12.8 Å². The number of hydrogen-bond donors (Lipinski definition) is 1. The summed E-state index contributed by atoms with van der Waals surface area (Å²) in [5, 5.41) is 10.3. The van der Waals surface area contributed by atoms with Gasteiger partial charge in [0.15, 0.2) is 11.5 Å². The first-order valence-corrected chi connectivity index (χ1v) is 7.13. The molecule has 2 aliphatic rings. The highest BCUT2D eigenvalue weighted by molar-refractivity contribution is 5.44. The Balaban J connectivity index is 1.71. The molecule has 2 heterocycles. The first-order valence-electron chi connectivity index (χ1n) is 7.13. The molecule has 1 aromatic rings. The number of likely N-dealkylation sites (tertiary alicyclic amines) is 1. The van der Waals surface area contributed by atoms with Gasteiger partial charge in [0, 0.05) is 13.0 Å². The van der Waals surface area contributed by atoms with Crippen molar-refractivity contribution in [3.05, 3.63) is 23.8 Å². The number of rotatable bonds is 3. The topological polar surface area (TPSA) is 41.9 Å². The van der Waals surface area contributed by atoms with Gasteiger partial charge in [-0.2, -0.15) is 0 Å². The fourth-order valence-electron chi connectivity index (χ4n) is 2.70. The van der Waals surface area contributed by atoms with Gasteiger partial charge in [0.2, 0.25) is 0 Å². The maximum Gasteiger partial charge on any atom is 0.161 e. The van der Waals surface area contributed by atoms with E-state index in [9.17, 15) is 5.11 Å². The van der Waals surface area contributed by atoms with Gasteiger partial charge >= 0.3 is 0 Å². The molecule has 2 aliphatic heterocycles. The zero-order valence-electron chi connectivity index (χ0n) is 11.2. The summed E-state index contributed by atoms with van der Waals surface area (Å²) < 4.78 is 11.3. The highest BCUT2D eigenvalue weighted by Crippen LogP contribution is 2.32. The molecule has 0 amide bonds. The Morgan fingerprint density at radius 1 is 1.05 bits per heavy atom. The Morgan fingerprint density at radius 2 is 1.79 bits per heavy atom. The van der Waals surface area contributed by atoms with Crippen molar-refractivity contribution in [1.82, 2.24) is 4.90 Å². The molecule has 0 aliphatic carbocycles. The summed E-state index contributed by atoms with van der Waals surface area (Å²) in [5.74, 6) is 1.55. The molecular weight excluding hydrogens is 242 g/mol. The number of aliphatic hydroxyl groups is 1. The van der Waals surface area contributed by atoms with Crippen molar-refractivity contribution >= 4 is 0 Å². The Hall–Kier alpha value is -1.26. The Kier molecular flexibility index (Phi) is 3.89. The lowest BCUT2D eigenvalue weighted by atomic mass is 10.1. The van der Waals surface area contributed by atoms with Gasteiger partial charge in [0.05, 0.1) is 19.3 Å². The molecule has 0 radical (unpaired) electrons. The maximum absolute atomic E-state index is 10.3. The van der Waals surface area contributed by atoms with Crippen molar-refractivity contribution in [1.29, 1.82) is 0 Å². The van der Waals surface area contributed by atoms with Gasteiger partial charge in [-0.25, -0.2) is 0 Å². The number of benzene rings is 1. The minimum absolute atomic E-state index is 0.449. The molecule has 3 rings (SSSR count). The summed E-state index contributed by atoms with van der Waals surface area (Å²) in [5.41, 5.74) is 0.913. The van der Waals surface area contributed by atoms with Crippen LogP contribution in [0.5, 0.6) is 11.5 Å². The van der Waals surface area contributed by atoms with Crippen LogP contribution in [-0.4, -0.2) is 42.9 Å². The standard InChI is InChI=1S/C15H21NO3/c17-13(11-16-6-1-2-7-16)12-4-5-14-15(10-12)19-9-3-8-18-14/h4-5,10,13,17H,1-3,6-9,11H2. The highest BCUT2D eigenvalue weighted by atomic mass is 16.5. The number of hydrogen-bond acceptors (Lipinski definition) is 4. The summed E-state index contributed by atoms with van der Waals surface area (Å²) >= 11 is 0. The first-order chi connectivity index (χ1) is 9.33. The lowest BCUT2D eigenvalue weighted by Gasteiger charge is -2.20. The van der Waals surface area contributed by atoms with Crippen LogP contribution >= 0.6 is 0 Å². The molecule has 0 aromatic heterocycles. The molecule has 1 N–H and O–H groups in total. The molecule has 1 saturated heterocycles. The second kappa shape index (κ2) is 5.80.